The first-order chi connectivity index (χ1) is 9.17. The topological polar surface area (TPSA) is 70.8 Å². The van der Waals surface area contributed by atoms with Gasteiger partial charge in [-0.1, -0.05) is 12.1 Å². The zero-order chi connectivity index (χ0) is 14.1. The fourth-order valence-electron chi connectivity index (χ4n) is 1.56. The average Bonchev–Trinajstić information content (AvgIpc) is 2.40. The van der Waals surface area contributed by atoms with E-state index in [4.69, 9.17) is 19.9 Å². The van der Waals surface area contributed by atoms with Crippen LogP contribution in [-0.2, 0) is 20.9 Å². The van der Waals surface area contributed by atoms with Gasteiger partial charge in [0.1, 0.15) is 11.8 Å². The monoisotopic (exact) mass is 267 g/mol. The Morgan fingerprint density at radius 1 is 1.42 bits per heavy atom. The van der Waals surface area contributed by atoms with Crippen LogP contribution in [0.5, 0.6) is 5.75 Å². The van der Waals surface area contributed by atoms with Crippen molar-refractivity contribution in [1.29, 1.82) is 0 Å². The van der Waals surface area contributed by atoms with Gasteiger partial charge in [0, 0.05) is 13.5 Å². The standard InChI is InChI=1S/C14H21NO4/c1-3-18-14(16)13(15)7-8-19-12-6-4-5-11(9-12)10-17-2/h4-6,9,13H,3,7-8,10,15H2,1-2H3. The maximum absolute atomic E-state index is 11.3. The van der Waals surface area contributed by atoms with Crippen LogP contribution in [0, 0.1) is 0 Å². The minimum absolute atomic E-state index is 0.340. The lowest BCUT2D eigenvalue weighted by Gasteiger charge is -2.12. The maximum atomic E-state index is 11.3. The van der Waals surface area contributed by atoms with Crippen LogP contribution in [0.15, 0.2) is 24.3 Å². The first-order valence-electron chi connectivity index (χ1n) is 6.30. The summed E-state index contributed by atoms with van der Waals surface area (Å²) in [6, 6.07) is 6.98. The largest absolute Gasteiger partial charge is 0.494 e. The van der Waals surface area contributed by atoms with Crippen LogP contribution in [0.4, 0.5) is 0 Å². The van der Waals surface area contributed by atoms with Gasteiger partial charge in [-0.2, -0.15) is 0 Å². The SMILES string of the molecule is CCOC(=O)C(N)CCOc1cccc(COC)c1. The van der Waals surface area contributed by atoms with Gasteiger partial charge in [0.2, 0.25) is 0 Å². The molecule has 0 radical (unpaired) electrons. The van der Waals surface area contributed by atoms with Gasteiger partial charge < -0.3 is 19.9 Å². The Labute approximate surface area is 113 Å². The third-order valence-electron chi connectivity index (χ3n) is 2.50. The quantitative estimate of drug-likeness (QED) is 0.723. The smallest absolute Gasteiger partial charge is 0.323 e. The lowest BCUT2D eigenvalue weighted by Crippen LogP contribution is -2.33. The van der Waals surface area contributed by atoms with E-state index in [1.807, 2.05) is 24.3 Å². The van der Waals surface area contributed by atoms with Crippen molar-refractivity contribution in [3.63, 3.8) is 0 Å². The van der Waals surface area contributed by atoms with Crippen molar-refractivity contribution in [2.45, 2.75) is 26.0 Å². The minimum atomic E-state index is -0.637. The summed E-state index contributed by atoms with van der Waals surface area (Å²) in [6.07, 6.45) is 0.424. The molecular weight excluding hydrogens is 246 g/mol. The van der Waals surface area contributed by atoms with Crippen molar-refractivity contribution in [2.75, 3.05) is 20.3 Å². The van der Waals surface area contributed by atoms with E-state index in [9.17, 15) is 4.79 Å². The fraction of sp³-hybridized carbons (Fsp3) is 0.500. The highest BCUT2D eigenvalue weighted by atomic mass is 16.5. The molecular formula is C14H21NO4. The second-order valence-electron chi connectivity index (χ2n) is 4.08. The first-order valence-corrected chi connectivity index (χ1v) is 6.30. The molecule has 0 aliphatic rings. The zero-order valence-corrected chi connectivity index (χ0v) is 11.4. The lowest BCUT2D eigenvalue weighted by atomic mass is 10.2. The molecule has 0 saturated heterocycles. The molecule has 1 atom stereocenters. The summed E-state index contributed by atoms with van der Waals surface area (Å²) in [5, 5.41) is 0. The number of carbonyl (C=O) groups excluding carboxylic acids is 1. The second kappa shape index (κ2) is 8.50. The Hall–Kier alpha value is -1.59. The van der Waals surface area contributed by atoms with Crippen LogP contribution in [0.1, 0.15) is 18.9 Å². The molecule has 19 heavy (non-hydrogen) atoms. The van der Waals surface area contributed by atoms with Gasteiger partial charge in [-0.25, -0.2) is 0 Å². The highest BCUT2D eigenvalue weighted by Gasteiger charge is 2.14. The average molecular weight is 267 g/mol. The summed E-state index contributed by atoms with van der Waals surface area (Å²) in [5.41, 5.74) is 6.71. The summed E-state index contributed by atoms with van der Waals surface area (Å²) in [4.78, 5) is 11.3. The summed E-state index contributed by atoms with van der Waals surface area (Å²) in [6.45, 7) is 3.00. The van der Waals surface area contributed by atoms with E-state index < -0.39 is 6.04 Å². The van der Waals surface area contributed by atoms with E-state index >= 15 is 0 Å². The number of rotatable bonds is 8. The molecule has 0 amide bonds. The predicted molar refractivity (Wildman–Crippen MR) is 71.9 cm³/mol. The number of methoxy groups -OCH3 is 1. The molecule has 0 aliphatic carbocycles. The van der Waals surface area contributed by atoms with Crippen molar-refractivity contribution in [3.8, 4) is 5.75 Å². The van der Waals surface area contributed by atoms with Gasteiger partial charge in [0.05, 0.1) is 19.8 Å². The summed E-state index contributed by atoms with van der Waals surface area (Å²) >= 11 is 0. The molecule has 1 unspecified atom stereocenters. The van der Waals surface area contributed by atoms with E-state index in [0.717, 1.165) is 11.3 Å². The minimum Gasteiger partial charge on any atom is -0.494 e. The van der Waals surface area contributed by atoms with Crippen LogP contribution < -0.4 is 10.5 Å². The van der Waals surface area contributed by atoms with E-state index in [2.05, 4.69) is 0 Å². The molecule has 0 spiro atoms. The number of nitrogens with two attached hydrogens (primary N) is 1. The van der Waals surface area contributed by atoms with Crippen molar-refractivity contribution < 1.29 is 19.0 Å². The number of hydrogen-bond donors (Lipinski definition) is 1. The highest BCUT2D eigenvalue weighted by Crippen LogP contribution is 2.14. The molecule has 0 saturated carbocycles. The maximum Gasteiger partial charge on any atom is 0.323 e. The van der Waals surface area contributed by atoms with Crippen LogP contribution in [-0.4, -0.2) is 32.3 Å². The van der Waals surface area contributed by atoms with Gasteiger partial charge >= 0.3 is 5.97 Å². The van der Waals surface area contributed by atoms with Gasteiger partial charge in [-0.15, -0.1) is 0 Å². The molecule has 106 valence electrons. The predicted octanol–water partition coefficient (Wildman–Crippen LogP) is 1.49. The number of ether oxygens (including phenoxy) is 3. The van der Waals surface area contributed by atoms with Crippen molar-refractivity contribution in [2.24, 2.45) is 5.73 Å². The van der Waals surface area contributed by atoms with Gasteiger partial charge in [0.25, 0.3) is 0 Å². The molecule has 0 heterocycles. The second-order valence-corrected chi connectivity index (χ2v) is 4.08. The molecule has 1 aromatic carbocycles. The fourth-order valence-corrected chi connectivity index (χ4v) is 1.56. The van der Waals surface area contributed by atoms with Crippen molar-refractivity contribution in [3.05, 3.63) is 29.8 Å². The van der Waals surface area contributed by atoms with E-state index in [-0.39, 0.29) is 5.97 Å². The van der Waals surface area contributed by atoms with E-state index in [0.29, 0.717) is 26.2 Å². The van der Waals surface area contributed by atoms with Crippen LogP contribution >= 0.6 is 0 Å². The van der Waals surface area contributed by atoms with E-state index in [1.54, 1.807) is 14.0 Å². The third kappa shape index (κ3) is 5.72. The summed E-state index contributed by atoms with van der Waals surface area (Å²) < 4.78 is 15.4. The van der Waals surface area contributed by atoms with Gasteiger partial charge in [-0.3, -0.25) is 4.79 Å². The molecule has 1 aromatic rings. The Balaban J connectivity index is 2.36. The van der Waals surface area contributed by atoms with Crippen LogP contribution in [0.25, 0.3) is 0 Å². The summed E-state index contributed by atoms with van der Waals surface area (Å²) in [5.74, 6) is 0.352. The Kier molecular flexibility index (Phi) is 6.92. The normalized spacial score (nSPS) is 11.9. The Bertz CT molecular complexity index is 395. The van der Waals surface area contributed by atoms with Crippen LogP contribution in [0.2, 0.25) is 0 Å². The summed E-state index contributed by atoms with van der Waals surface area (Å²) in [7, 11) is 1.64. The van der Waals surface area contributed by atoms with Gasteiger partial charge in [0.15, 0.2) is 0 Å². The van der Waals surface area contributed by atoms with Crippen molar-refractivity contribution in [1.82, 2.24) is 0 Å². The van der Waals surface area contributed by atoms with Crippen LogP contribution in [0.3, 0.4) is 0 Å². The third-order valence-corrected chi connectivity index (χ3v) is 2.50. The molecule has 0 bridgehead atoms. The number of hydrogen-bond acceptors (Lipinski definition) is 5. The Morgan fingerprint density at radius 2 is 2.21 bits per heavy atom. The molecule has 1 rings (SSSR count). The molecule has 5 heteroatoms. The van der Waals surface area contributed by atoms with E-state index in [1.165, 1.54) is 0 Å². The van der Waals surface area contributed by atoms with Crippen molar-refractivity contribution >= 4 is 5.97 Å². The number of benzene rings is 1. The Morgan fingerprint density at radius 3 is 2.89 bits per heavy atom. The lowest BCUT2D eigenvalue weighted by molar-refractivity contribution is -0.145. The molecule has 2 N–H and O–H groups in total. The number of esters is 1. The molecule has 0 aromatic heterocycles. The highest BCUT2D eigenvalue weighted by molar-refractivity contribution is 5.75. The number of carbonyl (C=O) groups is 1. The first kappa shape index (κ1) is 15.5. The molecule has 5 nitrogen and oxygen atoms in total. The van der Waals surface area contributed by atoms with Gasteiger partial charge in [-0.05, 0) is 24.6 Å². The molecule has 0 aliphatic heterocycles. The molecule has 0 fully saturated rings. The zero-order valence-electron chi connectivity index (χ0n) is 11.4.